The Morgan fingerprint density at radius 2 is 1.86 bits per heavy atom. The van der Waals surface area contributed by atoms with Crippen LogP contribution >= 0.6 is 0 Å². The smallest absolute Gasteiger partial charge is 0.261 e. The van der Waals surface area contributed by atoms with E-state index in [0.717, 1.165) is 16.5 Å². The van der Waals surface area contributed by atoms with Crippen molar-refractivity contribution >= 4 is 34.7 Å². The minimum atomic E-state index is -0.456. The van der Waals surface area contributed by atoms with Gasteiger partial charge in [0, 0.05) is 5.39 Å². The number of anilines is 1. The second-order valence-electron chi connectivity index (χ2n) is 6.74. The van der Waals surface area contributed by atoms with Gasteiger partial charge in [0.15, 0.2) is 5.76 Å². The molecule has 144 valence electrons. The van der Waals surface area contributed by atoms with Crippen LogP contribution in [-0.4, -0.2) is 11.1 Å². The van der Waals surface area contributed by atoms with Gasteiger partial charge in [-0.2, -0.15) is 0 Å². The maximum atomic E-state index is 12.9. The summed E-state index contributed by atoms with van der Waals surface area (Å²) in [6.45, 7) is 3.70. The average molecular weight is 385 g/mol. The van der Waals surface area contributed by atoms with E-state index in [1.807, 2.05) is 55.5 Å². The highest BCUT2D eigenvalue weighted by Crippen LogP contribution is 2.23. The van der Waals surface area contributed by atoms with E-state index in [9.17, 15) is 4.79 Å². The Morgan fingerprint density at radius 1 is 1.07 bits per heavy atom. The zero-order valence-electron chi connectivity index (χ0n) is 16.0. The first-order valence-corrected chi connectivity index (χ1v) is 9.11. The first-order valence-electron chi connectivity index (χ1n) is 9.11. The number of benzene rings is 2. The highest BCUT2D eigenvalue weighted by atomic mass is 16.5. The third-order valence-electron chi connectivity index (χ3n) is 4.52. The Bertz CT molecular complexity index is 1280. The molecule has 2 N–H and O–H groups in total. The number of rotatable bonds is 4. The molecule has 0 saturated carbocycles. The number of amides is 1. The highest BCUT2D eigenvalue weighted by Gasteiger charge is 2.17. The monoisotopic (exact) mass is 385 g/mol. The number of carbonyl (C=O) groups excluding carboxylic acids is 1. The maximum Gasteiger partial charge on any atom is 0.261 e. The molecule has 6 heteroatoms. The topological polar surface area (TPSA) is 92.1 Å². The Kier molecular flexibility index (Phi) is 4.83. The second-order valence-corrected chi connectivity index (χ2v) is 6.74. The molecule has 6 nitrogen and oxygen atoms in total. The Morgan fingerprint density at radius 3 is 2.66 bits per heavy atom. The van der Waals surface area contributed by atoms with Gasteiger partial charge in [-0.15, -0.1) is 0 Å². The van der Waals surface area contributed by atoms with E-state index in [1.54, 1.807) is 25.1 Å². The molecule has 0 bridgehead atoms. The van der Waals surface area contributed by atoms with E-state index < -0.39 is 5.91 Å². The molecule has 2 aromatic heterocycles. The fourth-order valence-electron chi connectivity index (χ4n) is 3.00. The van der Waals surface area contributed by atoms with E-state index in [0.29, 0.717) is 22.7 Å². The van der Waals surface area contributed by atoms with Crippen molar-refractivity contribution in [1.82, 2.24) is 5.16 Å². The molecule has 4 aromatic rings. The number of nitrogens with zero attached hydrogens (tertiary/aromatic N) is 1. The van der Waals surface area contributed by atoms with Crippen molar-refractivity contribution in [3.05, 3.63) is 88.3 Å². The molecule has 2 heterocycles. The van der Waals surface area contributed by atoms with Crippen molar-refractivity contribution in [1.29, 1.82) is 5.41 Å². The lowest BCUT2D eigenvalue weighted by Crippen LogP contribution is -2.21. The van der Waals surface area contributed by atoms with Crippen LogP contribution in [0.4, 0.5) is 5.69 Å². The predicted octanol–water partition coefficient (Wildman–Crippen LogP) is 4.94. The SMILES string of the molecule is Cc1ccc2oc(=N)c(C(=O)Nc3c(C)noc3/C=C/c3ccccc3)cc2c1. The second kappa shape index (κ2) is 7.59. The van der Waals surface area contributed by atoms with Crippen LogP contribution in [-0.2, 0) is 0 Å². The predicted molar refractivity (Wildman–Crippen MR) is 111 cm³/mol. The lowest BCUT2D eigenvalue weighted by Gasteiger charge is -2.06. The summed E-state index contributed by atoms with van der Waals surface area (Å²) in [4.78, 5) is 12.9. The molecule has 0 fully saturated rings. The van der Waals surface area contributed by atoms with Gasteiger partial charge in [-0.25, -0.2) is 0 Å². The van der Waals surface area contributed by atoms with Gasteiger partial charge in [0.05, 0.1) is 0 Å². The van der Waals surface area contributed by atoms with Crippen LogP contribution in [0, 0.1) is 19.3 Å². The number of nitrogens with one attached hydrogen (secondary N) is 2. The fourth-order valence-corrected chi connectivity index (χ4v) is 3.00. The zero-order chi connectivity index (χ0) is 20.4. The van der Waals surface area contributed by atoms with Gasteiger partial charge in [-0.1, -0.05) is 53.2 Å². The van der Waals surface area contributed by atoms with Crippen molar-refractivity contribution in [2.75, 3.05) is 5.32 Å². The number of hydrogen-bond acceptors (Lipinski definition) is 5. The quantitative estimate of drug-likeness (QED) is 0.520. The summed E-state index contributed by atoms with van der Waals surface area (Å²) in [7, 11) is 0. The molecule has 0 atom stereocenters. The number of aromatic nitrogens is 1. The number of aryl methyl sites for hydroxylation is 2. The summed E-state index contributed by atoms with van der Waals surface area (Å²) in [6.07, 6.45) is 3.63. The zero-order valence-corrected chi connectivity index (χ0v) is 16.0. The van der Waals surface area contributed by atoms with Crippen molar-refractivity contribution in [2.24, 2.45) is 0 Å². The summed E-state index contributed by atoms with van der Waals surface area (Å²) in [5.74, 6) is -0.0253. The Labute approximate surface area is 167 Å². The molecule has 0 aliphatic heterocycles. The summed E-state index contributed by atoms with van der Waals surface area (Å²) in [5.41, 5.74) is 3.55. The molecule has 0 unspecified atom stereocenters. The summed E-state index contributed by atoms with van der Waals surface area (Å²) >= 11 is 0. The fraction of sp³-hybridized carbons (Fsp3) is 0.0870. The van der Waals surface area contributed by atoms with Crippen LogP contribution in [0.5, 0.6) is 0 Å². The molecule has 29 heavy (non-hydrogen) atoms. The molecular formula is C23H19N3O3. The lowest BCUT2D eigenvalue weighted by atomic mass is 10.1. The van der Waals surface area contributed by atoms with E-state index in [-0.39, 0.29) is 11.1 Å². The van der Waals surface area contributed by atoms with Crippen LogP contribution in [0.2, 0.25) is 0 Å². The molecule has 0 radical (unpaired) electrons. The third-order valence-corrected chi connectivity index (χ3v) is 4.52. The summed E-state index contributed by atoms with van der Waals surface area (Å²) in [6, 6.07) is 17.0. The molecular weight excluding hydrogens is 366 g/mol. The third kappa shape index (κ3) is 3.87. The van der Waals surface area contributed by atoms with Crippen LogP contribution in [0.25, 0.3) is 23.1 Å². The maximum absolute atomic E-state index is 12.9. The minimum absolute atomic E-state index is 0.140. The molecule has 2 aromatic carbocycles. The van der Waals surface area contributed by atoms with Crippen LogP contribution in [0.3, 0.4) is 0 Å². The number of carbonyl (C=O) groups is 1. The Hall–Kier alpha value is -3.93. The molecule has 1 amide bonds. The Balaban J connectivity index is 1.65. The number of fused-ring (bicyclic) bond motifs is 1. The highest BCUT2D eigenvalue weighted by molar-refractivity contribution is 6.06. The van der Waals surface area contributed by atoms with Crippen LogP contribution < -0.4 is 10.9 Å². The van der Waals surface area contributed by atoms with Crippen molar-refractivity contribution in [3.63, 3.8) is 0 Å². The van der Waals surface area contributed by atoms with E-state index in [4.69, 9.17) is 14.3 Å². The van der Waals surface area contributed by atoms with Gasteiger partial charge < -0.3 is 14.3 Å². The van der Waals surface area contributed by atoms with Gasteiger partial charge >= 0.3 is 0 Å². The van der Waals surface area contributed by atoms with Crippen molar-refractivity contribution in [3.8, 4) is 0 Å². The number of hydrogen-bond donors (Lipinski definition) is 2. The standard InChI is InChI=1S/C23H19N3O3/c1-14-8-10-19-17(12-14)13-18(22(24)28-19)23(27)25-21-15(2)26-29-20(21)11-9-16-6-4-3-5-7-16/h3-13,24H,1-2H3,(H,25,27)/b11-9+,24-22?. The first-order chi connectivity index (χ1) is 14.0. The largest absolute Gasteiger partial charge is 0.438 e. The van der Waals surface area contributed by atoms with Gasteiger partial charge in [-0.05, 0) is 43.7 Å². The molecule has 0 aliphatic rings. The van der Waals surface area contributed by atoms with Crippen molar-refractivity contribution in [2.45, 2.75) is 13.8 Å². The lowest BCUT2D eigenvalue weighted by molar-refractivity contribution is 0.102. The average Bonchev–Trinajstić information content (AvgIpc) is 3.06. The van der Waals surface area contributed by atoms with Gasteiger partial charge in [0.1, 0.15) is 22.5 Å². The van der Waals surface area contributed by atoms with E-state index in [1.165, 1.54) is 0 Å². The summed E-state index contributed by atoms with van der Waals surface area (Å²) < 4.78 is 10.9. The molecule has 0 aliphatic carbocycles. The van der Waals surface area contributed by atoms with Gasteiger partial charge in [-0.3, -0.25) is 10.2 Å². The van der Waals surface area contributed by atoms with Gasteiger partial charge in [0.25, 0.3) is 5.91 Å². The minimum Gasteiger partial charge on any atom is -0.438 e. The van der Waals surface area contributed by atoms with E-state index in [2.05, 4.69) is 10.5 Å². The van der Waals surface area contributed by atoms with Crippen LogP contribution in [0.1, 0.15) is 32.9 Å². The van der Waals surface area contributed by atoms with Gasteiger partial charge in [0.2, 0.25) is 5.55 Å². The first kappa shape index (κ1) is 18.4. The normalized spacial score (nSPS) is 11.2. The van der Waals surface area contributed by atoms with E-state index >= 15 is 0 Å². The summed E-state index contributed by atoms with van der Waals surface area (Å²) in [5, 5.41) is 15.6. The molecule has 4 rings (SSSR count). The van der Waals surface area contributed by atoms with Crippen molar-refractivity contribution < 1.29 is 13.7 Å². The van der Waals surface area contributed by atoms with Crippen LogP contribution in [0.15, 0.2) is 63.5 Å². The molecule has 0 saturated heterocycles. The molecule has 0 spiro atoms.